The largest absolute Gasteiger partial charge is 0.480 e. The van der Waals surface area contributed by atoms with Crippen LogP contribution >= 0.6 is 0 Å². The first kappa shape index (κ1) is 8.62. The highest BCUT2D eigenvalue weighted by Gasteiger charge is 1.96. The summed E-state index contributed by atoms with van der Waals surface area (Å²) >= 11 is 0. The van der Waals surface area contributed by atoms with E-state index in [9.17, 15) is 0 Å². The molecule has 3 heteroatoms. The number of rotatable bonds is 3. The third-order valence-electron chi connectivity index (χ3n) is 0.848. The minimum absolute atomic E-state index is 0.0439. The molecule has 0 aliphatic carbocycles. The predicted molar refractivity (Wildman–Crippen MR) is 41.8 cm³/mol. The number of allylic oxidation sites excluding steroid dienone is 2. The van der Waals surface area contributed by atoms with Gasteiger partial charge in [-0.15, -0.1) is 0 Å². The van der Waals surface area contributed by atoms with E-state index in [1.807, 2.05) is 0 Å². The van der Waals surface area contributed by atoms with Crippen molar-refractivity contribution in [1.82, 2.24) is 0 Å². The molecule has 0 amide bonds. The molecule has 0 aliphatic rings. The molecule has 0 aromatic heterocycles. The van der Waals surface area contributed by atoms with Crippen LogP contribution in [0.25, 0.3) is 0 Å². The summed E-state index contributed by atoms with van der Waals surface area (Å²) in [5, 5.41) is 14.1. The van der Waals surface area contributed by atoms with Crippen molar-refractivity contribution in [3.8, 4) is 0 Å². The molecule has 0 unspecified atom stereocenters. The lowest BCUT2D eigenvalue weighted by Gasteiger charge is -1.96. The molecule has 0 spiro atoms. The molecule has 0 radical (unpaired) electrons. The van der Waals surface area contributed by atoms with Gasteiger partial charge >= 0.3 is 0 Å². The highest BCUT2D eigenvalue weighted by molar-refractivity contribution is 6.40. The number of methoxy groups -OCH3 is 1. The van der Waals surface area contributed by atoms with Gasteiger partial charge in [-0.2, -0.15) is 0 Å². The summed E-state index contributed by atoms with van der Waals surface area (Å²) < 4.78 is 4.48. The molecule has 0 aliphatic heterocycles. The maximum Gasteiger partial charge on any atom is 0.231 e. The Balaban J connectivity index is 3.97. The standard InChI is InChI=1S/C7H10N2O/c1-3-4-5-6(8)7(9)10-2/h3-5,8-9H,1H2,2H3/b5-4-,8-6?,9-7?. The quantitative estimate of drug-likeness (QED) is 0.345. The molecular weight excluding hydrogens is 128 g/mol. The molecule has 3 nitrogen and oxygen atoms in total. The highest BCUT2D eigenvalue weighted by atomic mass is 16.5. The Bertz CT molecular complexity index is 182. The molecular formula is C7H10N2O. The summed E-state index contributed by atoms with van der Waals surface area (Å²) in [4.78, 5) is 0. The van der Waals surface area contributed by atoms with Crippen LogP contribution in [0.15, 0.2) is 24.8 Å². The van der Waals surface area contributed by atoms with Crippen LogP contribution in [0.4, 0.5) is 0 Å². The summed E-state index contributed by atoms with van der Waals surface area (Å²) in [5.74, 6) is -0.141. The van der Waals surface area contributed by atoms with E-state index in [2.05, 4.69) is 11.3 Å². The van der Waals surface area contributed by atoms with Crippen LogP contribution in [-0.4, -0.2) is 18.7 Å². The van der Waals surface area contributed by atoms with Gasteiger partial charge < -0.3 is 4.74 Å². The number of hydrogen-bond donors (Lipinski definition) is 2. The van der Waals surface area contributed by atoms with Crippen LogP contribution < -0.4 is 0 Å². The van der Waals surface area contributed by atoms with Gasteiger partial charge in [-0.05, 0) is 6.08 Å². The van der Waals surface area contributed by atoms with E-state index in [1.54, 1.807) is 6.08 Å². The van der Waals surface area contributed by atoms with E-state index in [-0.39, 0.29) is 11.6 Å². The Morgan fingerprint density at radius 2 is 2.10 bits per heavy atom. The summed E-state index contributed by atoms with van der Waals surface area (Å²) in [7, 11) is 1.36. The van der Waals surface area contributed by atoms with E-state index in [1.165, 1.54) is 19.3 Å². The molecule has 0 fully saturated rings. The fraction of sp³-hybridized carbons (Fsp3) is 0.143. The van der Waals surface area contributed by atoms with Gasteiger partial charge in [-0.3, -0.25) is 10.8 Å². The van der Waals surface area contributed by atoms with E-state index in [4.69, 9.17) is 10.8 Å². The van der Waals surface area contributed by atoms with E-state index < -0.39 is 0 Å². The fourth-order valence-electron chi connectivity index (χ4n) is 0.350. The minimum atomic E-state index is -0.141. The van der Waals surface area contributed by atoms with Gasteiger partial charge in [-0.25, -0.2) is 0 Å². The maximum atomic E-state index is 7.11. The minimum Gasteiger partial charge on any atom is -0.480 e. The zero-order valence-electron chi connectivity index (χ0n) is 5.85. The maximum absolute atomic E-state index is 7.11. The van der Waals surface area contributed by atoms with Crippen LogP contribution in [-0.2, 0) is 4.74 Å². The van der Waals surface area contributed by atoms with Gasteiger partial charge in [0.2, 0.25) is 5.90 Å². The zero-order valence-corrected chi connectivity index (χ0v) is 5.85. The second kappa shape index (κ2) is 4.49. The van der Waals surface area contributed by atoms with Gasteiger partial charge in [0.25, 0.3) is 0 Å². The molecule has 0 saturated heterocycles. The Labute approximate surface area is 60.0 Å². The molecule has 0 atom stereocenters. The van der Waals surface area contributed by atoms with Crippen molar-refractivity contribution in [2.24, 2.45) is 0 Å². The van der Waals surface area contributed by atoms with Crippen LogP contribution in [0, 0.1) is 10.8 Å². The van der Waals surface area contributed by atoms with Crippen molar-refractivity contribution in [2.45, 2.75) is 0 Å². The topological polar surface area (TPSA) is 56.9 Å². The Morgan fingerprint density at radius 3 is 2.50 bits per heavy atom. The molecule has 0 aromatic rings. The summed E-state index contributed by atoms with van der Waals surface area (Å²) in [5.41, 5.74) is 0.0439. The first-order valence-corrected chi connectivity index (χ1v) is 2.73. The van der Waals surface area contributed by atoms with Gasteiger partial charge in [0.15, 0.2) is 0 Å². The van der Waals surface area contributed by atoms with E-state index in [0.717, 1.165) is 0 Å². The molecule has 0 heterocycles. The van der Waals surface area contributed by atoms with Crippen molar-refractivity contribution in [3.05, 3.63) is 24.8 Å². The molecule has 2 N–H and O–H groups in total. The van der Waals surface area contributed by atoms with Crippen molar-refractivity contribution in [3.63, 3.8) is 0 Å². The van der Waals surface area contributed by atoms with Crippen LogP contribution in [0.5, 0.6) is 0 Å². The van der Waals surface area contributed by atoms with Gasteiger partial charge in [0.1, 0.15) is 5.71 Å². The molecule has 0 saturated carbocycles. The van der Waals surface area contributed by atoms with Crippen molar-refractivity contribution >= 4 is 11.6 Å². The lowest BCUT2D eigenvalue weighted by molar-refractivity contribution is 0.407. The first-order chi connectivity index (χ1) is 4.72. The van der Waals surface area contributed by atoms with Crippen molar-refractivity contribution < 1.29 is 4.74 Å². The summed E-state index contributed by atoms with van der Waals surface area (Å²) in [6.07, 6.45) is 4.56. The lowest BCUT2D eigenvalue weighted by Crippen LogP contribution is -2.10. The third-order valence-corrected chi connectivity index (χ3v) is 0.848. The summed E-state index contributed by atoms with van der Waals surface area (Å²) in [6, 6.07) is 0. The first-order valence-electron chi connectivity index (χ1n) is 2.73. The second-order valence-electron chi connectivity index (χ2n) is 1.54. The summed E-state index contributed by atoms with van der Waals surface area (Å²) in [6.45, 7) is 3.42. The van der Waals surface area contributed by atoms with Gasteiger partial charge in [0.05, 0.1) is 7.11 Å². The number of hydrogen-bond acceptors (Lipinski definition) is 3. The molecule has 0 aromatic carbocycles. The SMILES string of the molecule is C=C/C=C\C(=N)C(=N)OC. The molecule has 54 valence electrons. The van der Waals surface area contributed by atoms with Crippen molar-refractivity contribution in [1.29, 1.82) is 10.8 Å². The van der Waals surface area contributed by atoms with E-state index in [0.29, 0.717) is 0 Å². The monoisotopic (exact) mass is 138 g/mol. The number of ether oxygens (including phenoxy) is 1. The highest BCUT2D eigenvalue weighted by Crippen LogP contribution is 1.82. The smallest absolute Gasteiger partial charge is 0.231 e. The Morgan fingerprint density at radius 1 is 1.50 bits per heavy atom. The lowest BCUT2D eigenvalue weighted by atomic mass is 10.3. The van der Waals surface area contributed by atoms with Crippen LogP contribution in [0.3, 0.4) is 0 Å². The number of nitrogens with one attached hydrogen (secondary N) is 2. The van der Waals surface area contributed by atoms with Gasteiger partial charge in [0, 0.05) is 0 Å². The fourth-order valence-corrected chi connectivity index (χ4v) is 0.350. The van der Waals surface area contributed by atoms with Gasteiger partial charge in [-0.1, -0.05) is 18.7 Å². The second-order valence-corrected chi connectivity index (χ2v) is 1.54. The van der Waals surface area contributed by atoms with Crippen LogP contribution in [0.1, 0.15) is 0 Å². The van der Waals surface area contributed by atoms with E-state index >= 15 is 0 Å². The van der Waals surface area contributed by atoms with Crippen molar-refractivity contribution in [2.75, 3.05) is 7.11 Å². The Kier molecular flexibility index (Phi) is 3.87. The zero-order chi connectivity index (χ0) is 7.98. The average Bonchev–Trinajstić information content (AvgIpc) is 1.98. The molecule has 10 heavy (non-hydrogen) atoms. The average molecular weight is 138 g/mol. The molecule has 0 rings (SSSR count). The van der Waals surface area contributed by atoms with Crippen LogP contribution in [0.2, 0.25) is 0 Å². The molecule has 0 bridgehead atoms. The predicted octanol–water partition coefficient (Wildman–Crippen LogP) is 1.37. The normalized spacial score (nSPS) is 9.30. The Hall–Kier alpha value is -1.38. The third kappa shape index (κ3) is 2.81.